The summed E-state index contributed by atoms with van der Waals surface area (Å²) in [6, 6.07) is 12.4. The van der Waals surface area contributed by atoms with Crippen molar-refractivity contribution in [3.63, 3.8) is 0 Å². The largest absolute Gasteiger partial charge is 0.497 e. The lowest BCUT2D eigenvalue weighted by atomic mass is 9.80. The Morgan fingerprint density at radius 3 is 2.56 bits per heavy atom. The molecule has 1 saturated carbocycles. The standard InChI is InChI=1S/C20H19F3N2O2/c1-26-15-9-18(20(21,22)23)25-11-17(24-19(25)10-15)14-7-16(8-14)27-12-13-5-3-2-4-6-13/h2-6,9-11,14,16H,7-8,12H2,1H3. The molecule has 2 aromatic heterocycles. The maximum Gasteiger partial charge on any atom is 0.431 e. The van der Waals surface area contributed by atoms with Crippen molar-refractivity contribution in [2.24, 2.45) is 0 Å². The van der Waals surface area contributed by atoms with Crippen LogP contribution in [-0.4, -0.2) is 22.6 Å². The highest BCUT2D eigenvalue weighted by molar-refractivity contribution is 5.49. The van der Waals surface area contributed by atoms with Gasteiger partial charge >= 0.3 is 6.18 Å². The minimum atomic E-state index is -4.48. The Bertz CT molecular complexity index is 932. The number of ether oxygens (including phenoxy) is 2. The van der Waals surface area contributed by atoms with Gasteiger partial charge in [0.25, 0.3) is 0 Å². The van der Waals surface area contributed by atoms with Gasteiger partial charge in [-0.05, 0) is 18.4 Å². The summed E-state index contributed by atoms with van der Waals surface area (Å²) >= 11 is 0. The number of alkyl halides is 3. The molecule has 0 N–H and O–H groups in total. The van der Waals surface area contributed by atoms with Crippen molar-refractivity contribution in [1.29, 1.82) is 0 Å². The van der Waals surface area contributed by atoms with Crippen LogP contribution in [0.5, 0.6) is 5.75 Å². The number of nitrogens with zero attached hydrogens (tertiary/aromatic N) is 2. The first-order valence-electron chi connectivity index (χ1n) is 8.74. The van der Waals surface area contributed by atoms with Crippen LogP contribution in [0.1, 0.15) is 35.7 Å². The number of aromatic nitrogens is 2. The van der Waals surface area contributed by atoms with Crippen LogP contribution >= 0.6 is 0 Å². The summed E-state index contributed by atoms with van der Waals surface area (Å²) in [5.74, 6) is 0.252. The summed E-state index contributed by atoms with van der Waals surface area (Å²) in [6.07, 6.45) is -1.37. The van der Waals surface area contributed by atoms with Crippen molar-refractivity contribution in [3.8, 4) is 5.75 Å². The van der Waals surface area contributed by atoms with Crippen molar-refractivity contribution in [2.45, 2.75) is 37.6 Å². The fraction of sp³-hybridized carbons (Fsp3) is 0.350. The third kappa shape index (κ3) is 3.64. The maximum atomic E-state index is 13.3. The SMILES string of the molecule is COc1cc(C(F)(F)F)n2cc(C3CC(OCc4ccccc4)C3)nc2c1. The van der Waals surface area contributed by atoms with E-state index in [1.807, 2.05) is 30.3 Å². The van der Waals surface area contributed by atoms with Crippen LogP contribution in [0, 0.1) is 0 Å². The van der Waals surface area contributed by atoms with Gasteiger partial charge < -0.3 is 9.47 Å². The molecular weight excluding hydrogens is 357 g/mol. The first kappa shape index (κ1) is 17.9. The van der Waals surface area contributed by atoms with Gasteiger partial charge in [-0.1, -0.05) is 30.3 Å². The van der Waals surface area contributed by atoms with Gasteiger partial charge in [0, 0.05) is 24.2 Å². The number of hydrogen-bond acceptors (Lipinski definition) is 3. The Morgan fingerprint density at radius 1 is 1.15 bits per heavy atom. The Balaban J connectivity index is 1.47. The summed E-state index contributed by atoms with van der Waals surface area (Å²) in [4.78, 5) is 4.40. The van der Waals surface area contributed by atoms with E-state index in [0.29, 0.717) is 12.3 Å². The summed E-state index contributed by atoms with van der Waals surface area (Å²) in [5.41, 5.74) is 1.22. The van der Waals surface area contributed by atoms with Gasteiger partial charge in [-0.25, -0.2) is 4.98 Å². The van der Waals surface area contributed by atoms with Crippen molar-refractivity contribution in [3.05, 3.63) is 65.6 Å². The lowest BCUT2D eigenvalue weighted by Crippen LogP contribution is -2.29. The maximum absolute atomic E-state index is 13.3. The molecule has 1 aliphatic rings. The number of imidazole rings is 1. The van der Waals surface area contributed by atoms with E-state index in [0.717, 1.165) is 28.9 Å². The lowest BCUT2D eigenvalue weighted by molar-refractivity contribution is -0.142. The van der Waals surface area contributed by atoms with Crippen molar-refractivity contribution in [2.75, 3.05) is 7.11 Å². The van der Waals surface area contributed by atoms with E-state index in [-0.39, 0.29) is 23.4 Å². The molecule has 0 aliphatic heterocycles. The van der Waals surface area contributed by atoms with E-state index >= 15 is 0 Å². The molecule has 0 unspecified atom stereocenters. The van der Waals surface area contributed by atoms with E-state index in [4.69, 9.17) is 9.47 Å². The number of benzene rings is 1. The molecule has 142 valence electrons. The molecule has 0 atom stereocenters. The average molecular weight is 376 g/mol. The van der Waals surface area contributed by atoms with Gasteiger partial charge in [0.05, 0.1) is 25.5 Å². The third-order valence-electron chi connectivity index (χ3n) is 4.93. The summed E-state index contributed by atoms with van der Waals surface area (Å²) in [5, 5.41) is 0. The third-order valence-corrected chi connectivity index (χ3v) is 4.93. The lowest BCUT2D eigenvalue weighted by Gasteiger charge is -2.34. The monoisotopic (exact) mass is 376 g/mol. The smallest absolute Gasteiger partial charge is 0.431 e. The first-order valence-corrected chi connectivity index (χ1v) is 8.74. The highest BCUT2D eigenvalue weighted by atomic mass is 19.4. The van der Waals surface area contributed by atoms with Gasteiger partial charge in [0.15, 0.2) is 0 Å². The predicted molar refractivity (Wildman–Crippen MR) is 93.7 cm³/mol. The highest BCUT2D eigenvalue weighted by Crippen LogP contribution is 2.40. The second-order valence-corrected chi connectivity index (χ2v) is 6.76. The zero-order valence-corrected chi connectivity index (χ0v) is 14.7. The average Bonchev–Trinajstić information content (AvgIpc) is 3.02. The first-order chi connectivity index (χ1) is 12.9. The molecule has 0 spiro atoms. The van der Waals surface area contributed by atoms with Crippen molar-refractivity contribution in [1.82, 2.24) is 9.38 Å². The second-order valence-electron chi connectivity index (χ2n) is 6.76. The molecule has 0 bridgehead atoms. The van der Waals surface area contributed by atoms with Crippen LogP contribution in [-0.2, 0) is 17.5 Å². The molecule has 0 radical (unpaired) electrons. The molecule has 2 heterocycles. The Labute approximate surface area is 154 Å². The zero-order valence-electron chi connectivity index (χ0n) is 14.7. The fourth-order valence-corrected chi connectivity index (χ4v) is 3.35. The van der Waals surface area contributed by atoms with Crippen LogP contribution < -0.4 is 4.74 Å². The summed E-state index contributed by atoms with van der Waals surface area (Å²) < 4.78 is 52.0. The molecule has 4 rings (SSSR count). The number of rotatable bonds is 5. The molecule has 4 nitrogen and oxygen atoms in total. The second kappa shape index (κ2) is 6.88. The molecule has 0 saturated heterocycles. The van der Waals surface area contributed by atoms with Crippen LogP contribution in [0.2, 0.25) is 0 Å². The molecule has 3 aromatic rings. The minimum Gasteiger partial charge on any atom is -0.497 e. The predicted octanol–water partition coefficient (Wildman–Crippen LogP) is 4.82. The Kier molecular flexibility index (Phi) is 4.55. The number of hydrogen-bond donors (Lipinski definition) is 0. The van der Waals surface area contributed by atoms with E-state index in [1.54, 1.807) is 0 Å². The van der Waals surface area contributed by atoms with E-state index in [1.165, 1.54) is 19.4 Å². The van der Waals surface area contributed by atoms with Gasteiger partial charge in [-0.2, -0.15) is 13.2 Å². The number of pyridine rings is 1. The van der Waals surface area contributed by atoms with Crippen LogP contribution in [0.4, 0.5) is 13.2 Å². The minimum absolute atomic E-state index is 0.108. The quantitative estimate of drug-likeness (QED) is 0.640. The molecular formula is C20H19F3N2O2. The normalized spacial score (nSPS) is 19.9. The zero-order chi connectivity index (χ0) is 19.0. The molecule has 27 heavy (non-hydrogen) atoms. The van der Waals surface area contributed by atoms with Crippen LogP contribution in [0.25, 0.3) is 5.65 Å². The number of halogens is 3. The van der Waals surface area contributed by atoms with Gasteiger partial charge in [0.2, 0.25) is 0 Å². The summed E-state index contributed by atoms with van der Waals surface area (Å²) in [7, 11) is 1.34. The van der Waals surface area contributed by atoms with Gasteiger partial charge in [0.1, 0.15) is 17.1 Å². The highest BCUT2D eigenvalue weighted by Gasteiger charge is 2.36. The van der Waals surface area contributed by atoms with Gasteiger partial charge in [-0.15, -0.1) is 0 Å². The summed E-state index contributed by atoms with van der Waals surface area (Å²) in [6.45, 7) is 0.540. The Morgan fingerprint density at radius 2 is 1.89 bits per heavy atom. The molecule has 0 amide bonds. The van der Waals surface area contributed by atoms with Crippen LogP contribution in [0.15, 0.2) is 48.7 Å². The fourth-order valence-electron chi connectivity index (χ4n) is 3.35. The molecule has 1 fully saturated rings. The number of methoxy groups -OCH3 is 1. The number of fused-ring (bicyclic) bond motifs is 1. The van der Waals surface area contributed by atoms with Gasteiger partial charge in [-0.3, -0.25) is 4.40 Å². The van der Waals surface area contributed by atoms with Crippen molar-refractivity contribution >= 4 is 5.65 Å². The van der Waals surface area contributed by atoms with E-state index in [2.05, 4.69) is 4.98 Å². The Hall–Kier alpha value is -2.54. The topological polar surface area (TPSA) is 35.8 Å². The van der Waals surface area contributed by atoms with Crippen LogP contribution in [0.3, 0.4) is 0 Å². The van der Waals surface area contributed by atoms with E-state index < -0.39 is 11.9 Å². The van der Waals surface area contributed by atoms with Crippen molar-refractivity contribution < 1.29 is 22.6 Å². The molecule has 7 heteroatoms. The molecule has 1 aliphatic carbocycles. The molecule has 1 aromatic carbocycles. The van der Waals surface area contributed by atoms with E-state index in [9.17, 15) is 13.2 Å².